The molecule has 1 aromatic carbocycles. The number of morpholine rings is 1. The molecule has 1 fully saturated rings. The van der Waals surface area contributed by atoms with Gasteiger partial charge >= 0.3 is 12.0 Å². The summed E-state index contributed by atoms with van der Waals surface area (Å²) in [5.41, 5.74) is -3.09. The summed E-state index contributed by atoms with van der Waals surface area (Å²) in [5.74, 6) is -5.13. The maximum atomic E-state index is 14.6. The highest BCUT2D eigenvalue weighted by atomic mass is 79.9. The van der Waals surface area contributed by atoms with Crippen molar-refractivity contribution >= 4 is 33.1 Å². The van der Waals surface area contributed by atoms with Gasteiger partial charge in [-0.25, -0.2) is 4.39 Å². The zero-order valence-electron chi connectivity index (χ0n) is 10.5. The van der Waals surface area contributed by atoms with Gasteiger partial charge in [0.15, 0.2) is 0 Å². The lowest BCUT2D eigenvalue weighted by Crippen LogP contribution is -2.69. The van der Waals surface area contributed by atoms with E-state index in [4.69, 9.17) is 12.2 Å². The highest BCUT2D eigenvalue weighted by Crippen LogP contribution is 2.50. The number of thiocarbonyl (C=S) groups is 1. The molecule has 0 aromatic heterocycles. The second-order valence-electron chi connectivity index (χ2n) is 4.68. The Labute approximate surface area is 130 Å². The predicted octanol–water partition coefficient (Wildman–Crippen LogP) is 3.98. The van der Waals surface area contributed by atoms with Crippen LogP contribution in [0.3, 0.4) is 0 Å². The number of alkyl halides is 4. The maximum absolute atomic E-state index is 14.6. The van der Waals surface area contributed by atoms with Crippen molar-refractivity contribution in [2.45, 2.75) is 24.5 Å². The van der Waals surface area contributed by atoms with Crippen LogP contribution in [0.25, 0.3) is 0 Å². The Hall–Kier alpha value is -0.800. The lowest BCUT2D eigenvalue weighted by molar-refractivity contribution is -0.362. The highest BCUT2D eigenvalue weighted by molar-refractivity contribution is 9.10. The van der Waals surface area contributed by atoms with Gasteiger partial charge in [0.1, 0.15) is 23.0 Å². The zero-order chi connectivity index (χ0) is 16.1. The second kappa shape index (κ2) is 5.13. The molecule has 0 aliphatic carbocycles. The first-order valence-electron chi connectivity index (χ1n) is 5.67. The Bertz CT molecular complexity index is 596. The molecule has 1 aromatic rings. The van der Waals surface area contributed by atoms with Crippen LogP contribution < -0.4 is 5.32 Å². The van der Waals surface area contributed by atoms with Gasteiger partial charge < -0.3 is 10.1 Å². The van der Waals surface area contributed by atoms with Gasteiger partial charge in [0.2, 0.25) is 0 Å². The van der Waals surface area contributed by atoms with Gasteiger partial charge in [-0.15, -0.1) is 0 Å². The van der Waals surface area contributed by atoms with E-state index in [9.17, 15) is 22.0 Å². The van der Waals surface area contributed by atoms with E-state index in [-0.39, 0.29) is 4.99 Å². The molecule has 1 N–H and O–H groups in total. The van der Waals surface area contributed by atoms with E-state index in [0.717, 1.165) is 19.1 Å². The first-order chi connectivity index (χ1) is 9.51. The summed E-state index contributed by atoms with van der Waals surface area (Å²) in [6.07, 6.45) is -5.38. The average Bonchev–Trinajstić information content (AvgIpc) is 2.36. The Morgan fingerprint density at radius 2 is 2.00 bits per heavy atom. The van der Waals surface area contributed by atoms with Crippen molar-refractivity contribution < 1.29 is 26.7 Å². The number of hydrogen-bond acceptors (Lipinski definition) is 2. The van der Waals surface area contributed by atoms with Crippen LogP contribution in [0, 0.1) is 5.82 Å². The second-order valence-corrected chi connectivity index (χ2v) is 6.09. The minimum Gasteiger partial charge on any atom is -0.363 e. The zero-order valence-corrected chi connectivity index (χ0v) is 12.9. The third-order valence-electron chi connectivity index (χ3n) is 3.27. The van der Waals surface area contributed by atoms with Crippen molar-refractivity contribution in [2.24, 2.45) is 0 Å². The van der Waals surface area contributed by atoms with Crippen molar-refractivity contribution in [3.63, 3.8) is 0 Å². The normalized spacial score (nSPS) is 30.1. The molecule has 0 bridgehead atoms. The molecule has 0 radical (unpaired) electrons. The minimum atomic E-state index is -5.38. The smallest absolute Gasteiger partial charge is 0.363 e. The summed E-state index contributed by atoms with van der Waals surface area (Å²) in [6, 6.07) is 3.28. The van der Waals surface area contributed by atoms with Crippen molar-refractivity contribution in [1.29, 1.82) is 0 Å². The predicted molar refractivity (Wildman–Crippen MR) is 73.0 cm³/mol. The molecule has 1 aliphatic heterocycles. The van der Waals surface area contributed by atoms with Crippen LogP contribution in [0.15, 0.2) is 22.7 Å². The Morgan fingerprint density at radius 1 is 1.38 bits per heavy atom. The Morgan fingerprint density at radius 3 is 2.57 bits per heavy atom. The first kappa shape index (κ1) is 16.6. The van der Waals surface area contributed by atoms with Crippen LogP contribution in [-0.2, 0) is 10.3 Å². The SMILES string of the molecule is C[C@]1(c2cc(Br)ccc2F)NC(=S)CO[C@]1(F)C(F)(F)F. The fourth-order valence-corrected chi connectivity index (χ4v) is 2.82. The van der Waals surface area contributed by atoms with Crippen LogP contribution in [0.2, 0.25) is 0 Å². The molecule has 9 heteroatoms. The number of ether oxygens (including phenoxy) is 1. The van der Waals surface area contributed by atoms with Crippen LogP contribution in [0.5, 0.6) is 0 Å². The molecule has 116 valence electrons. The maximum Gasteiger partial charge on any atom is 0.451 e. The lowest BCUT2D eigenvalue weighted by atomic mass is 9.82. The van der Waals surface area contributed by atoms with Crippen molar-refractivity contribution in [1.82, 2.24) is 5.32 Å². The average molecular weight is 390 g/mol. The van der Waals surface area contributed by atoms with Gasteiger partial charge in [-0.1, -0.05) is 28.1 Å². The van der Waals surface area contributed by atoms with E-state index in [1.54, 1.807) is 0 Å². The van der Waals surface area contributed by atoms with Gasteiger partial charge in [0.25, 0.3) is 0 Å². The summed E-state index contributed by atoms with van der Waals surface area (Å²) < 4.78 is 72.7. The molecule has 2 rings (SSSR count). The topological polar surface area (TPSA) is 21.3 Å². The largest absolute Gasteiger partial charge is 0.451 e. The number of halogens is 6. The fourth-order valence-electron chi connectivity index (χ4n) is 2.19. The Balaban J connectivity index is 2.68. The number of benzene rings is 1. The summed E-state index contributed by atoms with van der Waals surface area (Å²) in [4.78, 5) is -0.144. The third-order valence-corrected chi connectivity index (χ3v) is 3.98. The molecule has 2 nitrogen and oxygen atoms in total. The van der Waals surface area contributed by atoms with Crippen molar-refractivity contribution in [2.75, 3.05) is 6.61 Å². The summed E-state index contributed by atoms with van der Waals surface area (Å²) in [6.45, 7) is 0.118. The van der Waals surface area contributed by atoms with Crippen molar-refractivity contribution in [3.8, 4) is 0 Å². The number of nitrogens with one attached hydrogen (secondary N) is 1. The first-order valence-corrected chi connectivity index (χ1v) is 6.87. The lowest BCUT2D eigenvalue weighted by Gasteiger charge is -2.47. The van der Waals surface area contributed by atoms with Crippen LogP contribution in [-0.4, -0.2) is 23.6 Å². The van der Waals surface area contributed by atoms with Crippen molar-refractivity contribution in [3.05, 3.63) is 34.1 Å². The molecular weight excluding hydrogens is 381 g/mol. The highest BCUT2D eigenvalue weighted by Gasteiger charge is 2.71. The quantitative estimate of drug-likeness (QED) is 0.579. The molecule has 0 unspecified atom stereocenters. The van der Waals surface area contributed by atoms with E-state index in [1.165, 1.54) is 6.07 Å². The van der Waals surface area contributed by atoms with Crippen LogP contribution in [0.1, 0.15) is 12.5 Å². The van der Waals surface area contributed by atoms with Gasteiger partial charge in [-0.3, -0.25) is 0 Å². The van der Waals surface area contributed by atoms with E-state index >= 15 is 0 Å². The molecule has 21 heavy (non-hydrogen) atoms. The van der Waals surface area contributed by atoms with Gasteiger partial charge in [0.05, 0.1) is 0 Å². The van der Waals surface area contributed by atoms with E-state index in [1.807, 2.05) is 0 Å². The molecule has 1 aliphatic rings. The molecular formula is C12H9BrF5NOS. The molecule has 0 saturated carbocycles. The number of rotatable bonds is 1. The van der Waals surface area contributed by atoms with Gasteiger partial charge in [-0.05, 0) is 25.1 Å². The number of hydrogen-bond donors (Lipinski definition) is 1. The summed E-state index contributed by atoms with van der Waals surface area (Å²) >= 11 is 7.77. The molecule has 1 saturated heterocycles. The molecule has 2 atom stereocenters. The monoisotopic (exact) mass is 389 g/mol. The summed E-state index contributed by atoms with van der Waals surface area (Å²) in [5, 5.41) is 2.22. The minimum absolute atomic E-state index is 0.144. The Kier molecular flexibility index (Phi) is 4.05. The van der Waals surface area contributed by atoms with E-state index in [0.29, 0.717) is 4.47 Å². The van der Waals surface area contributed by atoms with E-state index in [2.05, 4.69) is 26.0 Å². The van der Waals surface area contributed by atoms with Crippen LogP contribution >= 0.6 is 28.1 Å². The van der Waals surface area contributed by atoms with Crippen LogP contribution in [0.4, 0.5) is 22.0 Å². The standard InChI is InChI=1S/C12H9BrF5NOS/c1-10(7-4-6(13)2-3-8(7)14)11(15,12(16,17)18)20-5-9(21)19-10/h2-4H,5H2,1H3,(H,19,21)/t10-,11+/m1/s1. The fraction of sp³-hybridized carbons (Fsp3) is 0.417. The van der Waals surface area contributed by atoms with E-state index < -0.39 is 35.6 Å². The molecule has 0 amide bonds. The third kappa shape index (κ3) is 2.55. The summed E-state index contributed by atoms with van der Waals surface area (Å²) in [7, 11) is 0. The van der Waals surface area contributed by atoms with Gasteiger partial charge in [0, 0.05) is 10.0 Å². The molecule has 1 heterocycles. The molecule has 0 spiro atoms. The van der Waals surface area contributed by atoms with Gasteiger partial charge in [-0.2, -0.15) is 17.6 Å².